The average Bonchev–Trinajstić information content (AvgIpc) is 3.37. The molecule has 1 amide bonds. The second kappa shape index (κ2) is 7.56. The van der Waals surface area contributed by atoms with Gasteiger partial charge in [-0.3, -0.25) is 9.36 Å². The fourth-order valence-electron chi connectivity index (χ4n) is 3.63. The summed E-state index contributed by atoms with van der Waals surface area (Å²) >= 11 is 1.56. The SMILES string of the molecule is CSc1nccn1-c1cccc(C(=O)N2CCCC2c2ccc(F)cc2)c1. The minimum absolute atomic E-state index is 0.00300. The van der Waals surface area contributed by atoms with Gasteiger partial charge in [0, 0.05) is 30.2 Å². The van der Waals surface area contributed by atoms with E-state index in [-0.39, 0.29) is 17.8 Å². The fourth-order valence-corrected chi connectivity index (χ4v) is 4.16. The predicted molar refractivity (Wildman–Crippen MR) is 105 cm³/mol. The number of carbonyl (C=O) groups is 1. The lowest BCUT2D eigenvalue weighted by Gasteiger charge is -2.25. The summed E-state index contributed by atoms with van der Waals surface area (Å²) in [4.78, 5) is 19.4. The monoisotopic (exact) mass is 381 g/mol. The van der Waals surface area contributed by atoms with Gasteiger partial charge in [0.1, 0.15) is 5.82 Å². The summed E-state index contributed by atoms with van der Waals surface area (Å²) < 4.78 is 15.2. The van der Waals surface area contributed by atoms with Gasteiger partial charge in [0.25, 0.3) is 5.91 Å². The molecule has 3 aromatic rings. The molecule has 138 valence electrons. The van der Waals surface area contributed by atoms with Crippen LogP contribution in [0.15, 0.2) is 66.1 Å². The van der Waals surface area contributed by atoms with E-state index in [4.69, 9.17) is 0 Å². The van der Waals surface area contributed by atoms with E-state index >= 15 is 0 Å². The van der Waals surface area contributed by atoms with Crippen molar-refractivity contribution in [2.45, 2.75) is 24.0 Å². The molecular formula is C21H20FN3OS. The van der Waals surface area contributed by atoms with Crippen LogP contribution >= 0.6 is 11.8 Å². The van der Waals surface area contributed by atoms with Crippen molar-refractivity contribution in [3.63, 3.8) is 0 Å². The maximum atomic E-state index is 13.2. The Morgan fingerprint density at radius 3 is 2.81 bits per heavy atom. The first kappa shape index (κ1) is 17.8. The van der Waals surface area contributed by atoms with Crippen molar-refractivity contribution in [1.82, 2.24) is 14.5 Å². The van der Waals surface area contributed by atoms with Gasteiger partial charge in [-0.05, 0) is 55.0 Å². The van der Waals surface area contributed by atoms with Crippen LogP contribution in [0.1, 0.15) is 34.8 Å². The Kier molecular flexibility index (Phi) is 4.99. The molecule has 0 saturated carbocycles. The third-order valence-corrected chi connectivity index (χ3v) is 5.60. The molecule has 27 heavy (non-hydrogen) atoms. The summed E-state index contributed by atoms with van der Waals surface area (Å²) in [5, 5.41) is 0.880. The third kappa shape index (κ3) is 3.49. The van der Waals surface area contributed by atoms with Crippen LogP contribution in [0, 0.1) is 5.82 Å². The zero-order valence-electron chi connectivity index (χ0n) is 15.0. The van der Waals surface area contributed by atoms with E-state index < -0.39 is 0 Å². The van der Waals surface area contributed by atoms with Crippen molar-refractivity contribution in [3.05, 3.63) is 77.9 Å². The van der Waals surface area contributed by atoms with Gasteiger partial charge in [-0.15, -0.1) is 0 Å². The van der Waals surface area contributed by atoms with Crippen molar-refractivity contribution in [2.75, 3.05) is 12.8 Å². The molecule has 0 aliphatic carbocycles. The zero-order valence-corrected chi connectivity index (χ0v) is 15.8. The molecule has 2 aromatic carbocycles. The lowest BCUT2D eigenvalue weighted by Crippen LogP contribution is -2.30. The molecule has 0 spiro atoms. The number of imidazole rings is 1. The lowest BCUT2D eigenvalue weighted by molar-refractivity contribution is 0.0735. The Labute approximate surface area is 162 Å². The van der Waals surface area contributed by atoms with Crippen LogP contribution in [0.2, 0.25) is 0 Å². The number of thioether (sulfide) groups is 1. The predicted octanol–water partition coefficient (Wildman–Crippen LogP) is 4.71. The second-order valence-electron chi connectivity index (χ2n) is 6.54. The highest BCUT2D eigenvalue weighted by Crippen LogP contribution is 2.33. The van der Waals surface area contributed by atoms with Crippen LogP contribution in [0.25, 0.3) is 5.69 Å². The van der Waals surface area contributed by atoms with E-state index in [2.05, 4.69) is 4.98 Å². The first-order valence-electron chi connectivity index (χ1n) is 8.91. The Bertz CT molecular complexity index is 954. The minimum Gasteiger partial charge on any atom is -0.332 e. The van der Waals surface area contributed by atoms with E-state index in [9.17, 15) is 9.18 Å². The molecule has 0 N–H and O–H groups in total. The zero-order chi connectivity index (χ0) is 18.8. The number of nitrogens with zero attached hydrogens (tertiary/aromatic N) is 3. The number of halogens is 1. The van der Waals surface area contributed by atoms with Gasteiger partial charge >= 0.3 is 0 Å². The summed E-state index contributed by atoms with van der Waals surface area (Å²) in [6.07, 6.45) is 7.48. The van der Waals surface area contributed by atoms with Gasteiger partial charge in [-0.25, -0.2) is 9.37 Å². The van der Waals surface area contributed by atoms with Crippen molar-refractivity contribution in [1.29, 1.82) is 0 Å². The standard InChI is InChI=1S/C21H20FN3OS/c1-27-21-23-11-13-24(21)18-5-2-4-16(14-18)20(26)25-12-3-6-19(25)15-7-9-17(22)10-8-15/h2,4-5,7-11,13-14,19H,3,6,12H2,1H3. The molecule has 1 unspecified atom stereocenters. The Morgan fingerprint density at radius 2 is 2.04 bits per heavy atom. The summed E-state index contributed by atoms with van der Waals surface area (Å²) in [5.41, 5.74) is 2.56. The largest absolute Gasteiger partial charge is 0.332 e. The molecule has 1 aliphatic heterocycles. The van der Waals surface area contributed by atoms with Crippen molar-refractivity contribution < 1.29 is 9.18 Å². The number of hydrogen-bond donors (Lipinski definition) is 0. The third-order valence-electron chi connectivity index (χ3n) is 4.93. The Morgan fingerprint density at radius 1 is 1.22 bits per heavy atom. The fraction of sp³-hybridized carbons (Fsp3) is 0.238. The molecule has 1 atom stereocenters. The smallest absolute Gasteiger partial charge is 0.254 e. The number of hydrogen-bond acceptors (Lipinski definition) is 3. The van der Waals surface area contributed by atoms with Crippen LogP contribution in [-0.4, -0.2) is 33.2 Å². The van der Waals surface area contributed by atoms with Crippen molar-refractivity contribution in [2.24, 2.45) is 0 Å². The van der Waals surface area contributed by atoms with E-state index in [0.717, 1.165) is 29.2 Å². The van der Waals surface area contributed by atoms with Gasteiger partial charge in [-0.2, -0.15) is 0 Å². The first-order valence-corrected chi connectivity index (χ1v) is 10.1. The number of benzene rings is 2. The quantitative estimate of drug-likeness (QED) is 0.614. The van der Waals surface area contributed by atoms with Crippen LogP contribution in [0.3, 0.4) is 0 Å². The molecule has 4 nitrogen and oxygen atoms in total. The van der Waals surface area contributed by atoms with E-state index in [1.807, 2.05) is 46.2 Å². The number of likely N-dealkylation sites (tertiary alicyclic amines) is 1. The molecule has 0 radical (unpaired) electrons. The number of carbonyl (C=O) groups excluding carboxylic acids is 1. The summed E-state index contributed by atoms with van der Waals surface area (Å²) in [7, 11) is 0. The van der Waals surface area contributed by atoms with Gasteiger partial charge in [0.2, 0.25) is 0 Å². The summed E-state index contributed by atoms with van der Waals surface area (Å²) in [6.45, 7) is 0.715. The maximum absolute atomic E-state index is 13.2. The molecule has 1 aliphatic rings. The van der Waals surface area contributed by atoms with Crippen LogP contribution in [0.5, 0.6) is 0 Å². The molecule has 1 saturated heterocycles. The van der Waals surface area contributed by atoms with Crippen LogP contribution in [-0.2, 0) is 0 Å². The normalized spacial score (nSPS) is 16.7. The molecule has 2 heterocycles. The molecule has 4 rings (SSSR count). The highest BCUT2D eigenvalue weighted by atomic mass is 32.2. The van der Waals surface area contributed by atoms with Crippen molar-refractivity contribution >= 4 is 17.7 Å². The maximum Gasteiger partial charge on any atom is 0.254 e. The van der Waals surface area contributed by atoms with E-state index in [0.29, 0.717) is 12.1 Å². The van der Waals surface area contributed by atoms with Gasteiger partial charge in [0.05, 0.1) is 6.04 Å². The van der Waals surface area contributed by atoms with Crippen molar-refractivity contribution in [3.8, 4) is 5.69 Å². The molecular weight excluding hydrogens is 361 g/mol. The average molecular weight is 381 g/mol. The van der Waals surface area contributed by atoms with Crippen LogP contribution < -0.4 is 0 Å². The number of amides is 1. The second-order valence-corrected chi connectivity index (χ2v) is 7.32. The lowest BCUT2D eigenvalue weighted by atomic mass is 10.0. The van der Waals surface area contributed by atoms with Gasteiger partial charge in [-0.1, -0.05) is 30.0 Å². The van der Waals surface area contributed by atoms with Crippen LogP contribution in [0.4, 0.5) is 4.39 Å². The molecule has 6 heteroatoms. The number of rotatable bonds is 4. The molecule has 1 aromatic heterocycles. The summed E-state index contributed by atoms with van der Waals surface area (Å²) in [5.74, 6) is -0.248. The molecule has 0 bridgehead atoms. The highest BCUT2D eigenvalue weighted by molar-refractivity contribution is 7.98. The minimum atomic E-state index is -0.257. The topological polar surface area (TPSA) is 38.1 Å². The van der Waals surface area contributed by atoms with E-state index in [1.54, 1.807) is 30.1 Å². The highest BCUT2D eigenvalue weighted by Gasteiger charge is 2.30. The summed E-state index contributed by atoms with van der Waals surface area (Å²) in [6, 6.07) is 14.1. The Hall–Kier alpha value is -2.60. The molecule has 1 fully saturated rings. The van der Waals surface area contributed by atoms with E-state index in [1.165, 1.54) is 12.1 Å². The van der Waals surface area contributed by atoms with Gasteiger partial charge in [0.15, 0.2) is 5.16 Å². The first-order chi connectivity index (χ1) is 13.2. The number of aromatic nitrogens is 2. The van der Waals surface area contributed by atoms with Gasteiger partial charge < -0.3 is 4.90 Å². The Balaban J connectivity index is 1.62.